The lowest BCUT2D eigenvalue weighted by molar-refractivity contribution is -0.138. The molecule has 0 saturated carbocycles. The third kappa shape index (κ3) is 7.79. The predicted octanol–water partition coefficient (Wildman–Crippen LogP) is 3.24. The fourth-order valence-electron chi connectivity index (χ4n) is 5.86. The van der Waals surface area contributed by atoms with Gasteiger partial charge in [0.1, 0.15) is 11.9 Å². The number of benzene rings is 3. The first-order valence-corrected chi connectivity index (χ1v) is 15.0. The molecule has 3 atom stereocenters. The molecule has 3 aromatic rings. The highest BCUT2D eigenvalue weighted by molar-refractivity contribution is 6.30. The summed E-state index contributed by atoms with van der Waals surface area (Å²) < 4.78 is 14.8. The van der Waals surface area contributed by atoms with Gasteiger partial charge in [-0.1, -0.05) is 66.2 Å². The monoisotopic (exact) mass is 605 g/mol. The van der Waals surface area contributed by atoms with Crippen LogP contribution >= 0.6 is 11.6 Å². The van der Waals surface area contributed by atoms with E-state index in [2.05, 4.69) is 26.9 Å². The summed E-state index contributed by atoms with van der Waals surface area (Å²) in [5.41, 5.74) is 3.69. The van der Waals surface area contributed by atoms with Crippen molar-refractivity contribution in [3.63, 3.8) is 0 Å². The van der Waals surface area contributed by atoms with E-state index in [4.69, 9.17) is 11.6 Å². The number of rotatable bonds is 9. The molecule has 1 fully saturated rings. The van der Waals surface area contributed by atoms with Crippen LogP contribution in [0.5, 0.6) is 0 Å². The average Bonchev–Trinajstić information content (AvgIpc) is 3.02. The van der Waals surface area contributed by atoms with Crippen LogP contribution in [-0.4, -0.2) is 72.3 Å². The molecule has 10 heteroatoms. The van der Waals surface area contributed by atoms with Crippen LogP contribution in [0.1, 0.15) is 35.2 Å². The van der Waals surface area contributed by atoms with Gasteiger partial charge in [-0.15, -0.1) is 0 Å². The molecule has 0 bridgehead atoms. The maximum Gasteiger partial charge on any atom is 0.245 e. The Labute approximate surface area is 256 Å². The maximum atomic E-state index is 14.8. The first-order valence-electron chi connectivity index (χ1n) is 14.6. The Hall–Kier alpha value is -3.79. The minimum absolute atomic E-state index is 0.163. The summed E-state index contributed by atoms with van der Waals surface area (Å²) >= 11 is 6.09. The van der Waals surface area contributed by atoms with Crippen molar-refractivity contribution in [3.05, 3.63) is 106 Å². The first kappa shape index (κ1) is 30.7. The molecule has 226 valence electrons. The number of nitrogens with zero attached hydrogens (tertiary/aromatic N) is 2. The number of hydrogen-bond acceptors (Lipinski definition) is 5. The van der Waals surface area contributed by atoms with Gasteiger partial charge in [0.25, 0.3) is 0 Å². The van der Waals surface area contributed by atoms with Crippen molar-refractivity contribution in [2.45, 2.75) is 44.4 Å². The normalized spacial score (nSPS) is 18.3. The zero-order valence-electron chi connectivity index (χ0n) is 24.2. The molecular formula is C33H37ClFN5O3. The second-order valence-corrected chi connectivity index (χ2v) is 11.6. The van der Waals surface area contributed by atoms with Crippen LogP contribution in [0.2, 0.25) is 5.02 Å². The number of carbonyl (C=O) groups is 3. The third-order valence-corrected chi connectivity index (χ3v) is 8.49. The molecule has 5 rings (SSSR count). The van der Waals surface area contributed by atoms with Gasteiger partial charge in [0.05, 0.1) is 12.1 Å². The third-order valence-electron chi connectivity index (χ3n) is 8.24. The Bertz CT molecular complexity index is 1440. The summed E-state index contributed by atoms with van der Waals surface area (Å²) in [7, 11) is 0. The number of halogens is 2. The second-order valence-electron chi connectivity index (χ2n) is 11.1. The predicted molar refractivity (Wildman–Crippen MR) is 164 cm³/mol. The zero-order valence-corrected chi connectivity index (χ0v) is 24.9. The number of hydrogen-bond donors (Lipinski definition) is 3. The molecule has 1 unspecified atom stereocenters. The van der Waals surface area contributed by atoms with E-state index in [1.54, 1.807) is 35.2 Å². The minimum atomic E-state index is -0.763. The Morgan fingerprint density at radius 2 is 1.63 bits per heavy atom. The lowest BCUT2D eigenvalue weighted by atomic mass is 9.95. The molecule has 0 aliphatic carbocycles. The SMILES string of the molecule is CC(=O)NCC(c1ccccc1F)N1CCN(C(=O)[C@@H](Cc2ccc(Cl)cc2)NC(=O)[C@H]2Cc3ccccc3CN2)CC1. The van der Waals surface area contributed by atoms with Crippen molar-refractivity contribution in [1.82, 2.24) is 25.8 Å². The van der Waals surface area contributed by atoms with Gasteiger partial charge in [-0.3, -0.25) is 19.3 Å². The van der Waals surface area contributed by atoms with Gasteiger partial charge in [-0.25, -0.2) is 4.39 Å². The molecule has 2 aliphatic heterocycles. The van der Waals surface area contributed by atoms with Crippen LogP contribution in [0.15, 0.2) is 72.8 Å². The van der Waals surface area contributed by atoms with E-state index in [1.807, 2.05) is 30.3 Å². The Kier molecular flexibility index (Phi) is 10.1. The van der Waals surface area contributed by atoms with Gasteiger partial charge < -0.3 is 20.9 Å². The summed E-state index contributed by atoms with van der Waals surface area (Å²) in [5.74, 6) is -0.897. The molecule has 2 aliphatic rings. The largest absolute Gasteiger partial charge is 0.354 e. The highest BCUT2D eigenvalue weighted by atomic mass is 35.5. The lowest BCUT2D eigenvalue weighted by Crippen LogP contribution is -2.58. The number of fused-ring (bicyclic) bond motifs is 1. The fourth-order valence-corrected chi connectivity index (χ4v) is 5.99. The summed E-state index contributed by atoms with van der Waals surface area (Å²) in [6.45, 7) is 4.09. The second kappa shape index (κ2) is 14.1. The van der Waals surface area contributed by atoms with E-state index in [0.29, 0.717) is 56.2 Å². The van der Waals surface area contributed by atoms with E-state index in [0.717, 1.165) is 11.1 Å². The Balaban J connectivity index is 1.28. The topological polar surface area (TPSA) is 93.8 Å². The quantitative estimate of drug-likeness (QED) is 0.348. The molecule has 43 heavy (non-hydrogen) atoms. The minimum Gasteiger partial charge on any atom is -0.354 e. The smallest absolute Gasteiger partial charge is 0.245 e. The molecular weight excluding hydrogens is 569 g/mol. The summed E-state index contributed by atoms with van der Waals surface area (Å²) in [6, 6.07) is 20.3. The van der Waals surface area contributed by atoms with Crippen LogP contribution in [0.3, 0.4) is 0 Å². The van der Waals surface area contributed by atoms with Crippen LogP contribution < -0.4 is 16.0 Å². The number of nitrogens with one attached hydrogen (secondary N) is 3. The van der Waals surface area contributed by atoms with E-state index >= 15 is 0 Å². The lowest BCUT2D eigenvalue weighted by Gasteiger charge is -2.40. The van der Waals surface area contributed by atoms with Crippen molar-refractivity contribution in [3.8, 4) is 0 Å². The Morgan fingerprint density at radius 1 is 0.953 bits per heavy atom. The molecule has 3 aromatic carbocycles. The molecule has 0 radical (unpaired) electrons. The van der Waals surface area contributed by atoms with Crippen molar-refractivity contribution in [2.75, 3.05) is 32.7 Å². The average molecular weight is 606 g/mol. The van der Waals surface area contributed by atoms with E-state index in [1.165, 1.54) is 18.6 Å². The molecule has 0 spiro atoms. The van der Waals surface area contributed by atoms with Gasteiger partial charge >= 0.3 is 0 Å². The van der Waals surface area contributed by atoms with E-state index in [-0.39, 0.29) is 36.1 Å². The summed E-state index contributed by atoms with van der Waals surface area (Å²) in [4.78, 5) is 42.9. The van der Waals surface area contributed by atoms with Crippen molar-refractivity contribution in [2.24, 2.45) is 0 Å². The number of carbonyl (C=O) groups excluding carboxylic acids is 3. The molecule has 1 saturated heterocycles. The standard InChI is InChI=1S/C33H37ClFN5O3/c1-22(41)36-21-31(27-8-4-5-9-28(27)35)39-14-16-40(17-15-39)33(43)30(18-23-10-12-26(34)13-11-23)38-32(42)29-19-24-6-2-3-7-25(24)20-37-29/h2-13,29-31,37H,14-21H2,1H3,(H,36,41)(H,38,42)/t29-,30-,31?/m1/s1. The maximum absolute atomic E-state index is 14.8. The summed E-state index contributed by atoms with van der Waals surface area (Å²) in [5, 5.41) is 9.77. The number of piperazine rings is 1. The molecule has 3 N–H and O–H groups in total. The van der Waals surface area contributed by atoms with Crippen LogP contribution in [-0.2, 0) is 33.8 Å². The van der Waals surface area contributed by atoms with Gasteiger partial charge in [-0.05, 0) is 41.3 Å². The van der Waals surface area contributed by atoms with E-state index < -0.39 is 12.1 Å². The van der Waals surface area contributed by atoms with Crippen molar-refractivity contribution >= 4 is 29.3 Å². The van der Waals surface area contributed by atoms with Gasteiger partial charge in [0, 0.05) is 63.2 Å². The first-order chi connectivity index (χ1) is 20.8. The summed E-state index contributed by atoms with van der Waals surface area (Å²) in [6.07, 6.45) is 0.875. The highest BCUT2D eigenvalue weighted by Crippen LogP contribution is 2.25. The van der Waals surface area contributed by atoms with Crippen LogP contribution in [0.25, 0.3) is 0 Å². The fraction of sp³-hybridized carbons (Fsp3) is 0.364. The van der Waals surface area contributed by atoms with Crippen molar-refractivity contribution in [1.29, 1.82) is 0 Å². The molecule has 8 nitrogen and oxygen atoms in total. The highest BCUT2D eigenvalue weighted by Gasteiger charge is 2.34. The Morgan fingerprint density at radius 3 is 2.33 bits per heavy atom. The van der Waals surface area contributed by atoms with Crippen molar-refractivity contribution < 1.29 is 18.8 Å². The van der Waals surface area contributed by atoms with Crippen LogP contribution in [0, 0.1) is 5.82 Å². The number of amides is 3. The van der Waals surface area contributed by atoms with Crippen LogP contribution in [0.4, 0.5) is 4.39 Å². The van der Waals surface area contributed by atoms with Gasteiger partial charge in [0.15, 0.2) is 0 Å². The molecule has 2 heterocycles. The van der Waals surface area contributed by atoms with Gasteiger partial charge in [0.2, 0.25) is 17.7 Å². The molecule has 0 aromatic heterocycles. The zero-order chi connectivity index (χ0) is 30.3. The molecule has 3 amide bonds. The van der Waals surface area contributed by atoms with E-state index in [9.17, 15) is 18.8 Å². The van der Waals surface area contributed by atoms with Gasteiger partial charge in [-0.2, -0.15) is 0 Å².